The van der Waals surface area contributed by atoms with Gasteiger partial charge in [0.1, 0.15) is 11.5 Å². The van der Waals surface area contributed by atoms with Crippen molar-refractivity contribution in [1.29, 1.82) is 0 Å². The molecule has 1 aromatic carbocycles. The maximum Gasteiger partial charge on any atom is 0.256 e. The summed E-state index contributed by atoms with van der Waals surface area (Å²) < 4.78 is 0. The smallest absolute Gasteiger partial charge is 0.256 e. The molecule has 0 spiro atoms. The number of anilines is 1. The predicted octanol–water partition coefficient (Wildman–Crippen LogP) is 1.68. The van der Waals surface area contributed by atoms with E-state index in [9.17, 15) is 9.59 Å². The van der Waals surface area contributed by atoms with Gasteiger partial charge in [-0.1, -0.05) is 6.07 Å². The van der Waals surface area contributed by atoms with E-state index in [1.54, 1.807) is 6.07 Å². The van der Waals surface area contributed by atoms with E-state index in [0.717, 1.165) is 47.6 Å². The quantitative estimate of drug-likeness (QED) is 0.778. The maximum absolute atomic E-state index is 12.6. The van der Waals surface area contributed by atoms with E-state index in [-0.39, 0.29) is 5.91 Å². The Labute approximate surface area is 151 Å². The van der Waals surface area contributed by atoms with E-state index in [1.165, 1.54) is 16.2 Å². The number of hydrogen-bond acceptors (Lipinski definition) is 3. The minimum Gasteiger partial charge on any atom is -0.365 e. The molecule has 0 saturated heterocycles. The molecule has 132 valence electrons. The standard InChI is InChI=1S/C19H23N3O2S/c1-4-22-8-7-14-15(10-22)25-19(16(14)17(20)23)21-18(24)13-6-5-11(2)12(3)9-13/h5-6,9H,4,7-8,10H2,1-3H3,(H2,20,23)(H,21,24)/p+1. The third-order valence-electron chi connectivity index (χ3n) is 4.97. The molecule has 3 rings (SSSR count). The van der Waals surface area contributed by atoms with Crippen molar-refractivity contribution in [3.8, 4) is 0 Å². The fourth-order valence-corrected chi connectivity index (χ4v) is 4.56. The maximum atomic E-state index is 12.6. The fourth-order valence-electron chi connectivity index (χ4n) is 3.25. The molecule has 2 aromatic rings. The average molecular weight is 358 g/mol. The predicted molar refractivity (Wildman–Crippen MR) is 100 cm³/mol. The molecule has 0 bridgehead atoms. The van der Waals surface area contributed by atoms with Crippen LogP contribution >= 0.6 is 11.3 Å². The first-order valence-corrected chi connectivity index (χ1v) is 9.38. The number of carbonyl (C=O) groups is 2. The molecular weight excluding hydrogens is 334 g/mol. The molecule has 4 N–H and O–H groups in total. The minimum atomic E-state index is -0.465. The summed E-state index contributed by atoms with van der Waals surface area (Å²) >= 11 is 1.49. The SMILES string of the molecule is CC[NH+]1CCc2c(sc(NC(=O)c3ccc(C)c(C)c3)c2C(N)=O)C1. The normalized spacial score (nSPS) is 16.4. The molecule has 1 atom stereocenters. The molecule has 1 aliphatic heterocycles. The molecule has 1 aromatic heterocycles. The Morgan fingerprint density at radius 2 is 2.04 bits per heavy atom. The number of nitrogens with one attached hydrogen (secondary N) is 2. The zero-order chi connectivity index (χ0) is 18.1. The number of rotatable bonds is 4. The first-order chi connectivity index (χ1) is 11.9. The van der Waals surface area contributed by atoms with Crippen LogP contribution < -0.4 is 16.0 Å². The number of aryl methyl sites for hydroxylation is 2. The minimum absolute atomic E-state index is 0.205. The Balaban J connectivity index is 1.91. The monoisotopic (exact) mass is 358 g/mol. The van der Waals surface area contributed by atoms with Crippen molar-refractivity contribution in [3.05, 3.63) is 50.9 Å². The van der Waals surface area contributed by atoms with Gasteiger partial charge in [-0.15, -0.1) is 11.3 Å². The summed E-state index contributed by atoms with van der Waals surface area (Å²) in [6.07, 6.45) is 0.826. The summed E-state index contributed by atoms with van der Waals surface area (Å²) in [6, 6.07) is 5.60. The van der Waals surface area contributed by atoms with E-state index in [2.05, 4.69) is 12.2 Å². The van der Waals surface area contributed by atoms with Gasteiger partial charge in [0.15, 0.2) is 0 Å². The van der Waals surface area contributed by atoms with Gasteiger partial charge in [0.2, 0.25) is 0 Å². The zero-order valence-electron chi connectivity index (χ0n) is 14.9. The number of thiophene rings is 1. The summed E-state index contributed by atoms with van der Waals surface area (Å²) in [6.45, 7) is 9.07. The lowest BCUT2D eigenvalue weighted by Gasteiger charge is -2.22. The Morgan fingerprint density at radius 1 is 1.28 bits per heavy atom. The van der Waals surface area contributed by atoms with E-state index in [0.29, 0.717) is 16.1 Å². The summed E-state index contributed by atoms with van der Waals surface area (Å²) in [5.41, 5.74) is 9.93. The molecule has 0 aliphatic carbocycles. The highest BCUT2D eigenvalue weighted by Crippen LogP contribution is 2.34. The van der Waals surface area contributed by atoms with Crippen molar-refractivity contribution in [2.75, 3.05) is 18.4 Å². The van der Waals surface area contributed by atoms with Crippen LogP contribution in [-0.4, -0.2) is 24.9 Å². The number of primary amides is 1. The van der Waals surface area contributed by atoms with Gasteiger partial charge in [-0.05, 0) is 49.6 Å². The van der Waals surface area contributed by atoms with E-state index >= 15 is 0 Å². The van der Waals surface area contributed by atoms with Crippen LogP contribution in [0.2, 0.25) is 0 Å². The van der Waals surface area contributed by atoms with Gasteiger partial charge >= 0.3 is 0 Å². The molecule has 2 amide bonds. The molecule has 25 heavy (non-hydrogen) atoms. The Morgan fingerprint density at radius 3 is 2.68 bits per heavy atom. The second-order valence-corrected chi connectivity index (χ2v) is 7.71. The average Bonchev–Trinajstić information content (AvgIpc) is 2.94. The number of benzene rings is 1. The van der Waals surface area contributed by atoms with Crippen LogP contribution in [0.15, 0.2) is 18.2 Å². The van der Waals surface area contributed by atoms with E-state index in [1.807, 2.05) is 26.0 Å². The number of nitrogens with two attached hydrogens (primary N) is 1. The number of likely N-dealkylation sites (N-methyl/N-ethyl adjacent to an activating group) is 1. The number of hydrogen-bond donors (Lipinski definition) is 3. The Kier molecular flexibility index (Phi) is 4.92. The van der Waals surface area contributed by atoms with Crippen LogP contribution in [0.5, 0.6) is 0 Å². The highest BCUT2D eigenvalue weighted by molar-refractivity contribution is 7.17. The van der Waals surface area contributed by atoms with E-state index < -0.39 is 5.91 Å². The van der Waals surface area contributed by atoms with Gasteiger partial charge in [0.25, 0.3) is 11.8 Å². The Hall–Kier alpha value is -2.18. The largest absolute Gasteiger partial charge is 0.365 e. The second kappa shape index (κ2) is 6.98. The van der Waals surface area contributed by atoms with Crippen molar-refractivity contribution in [3.63, 3.8) is 0 Å². The van der Waals surface area contributed by atoms with Crippen LogP contribution in [-0.2, 0) is 13.0 Å². The molecular formula is C19H24N3O2S+. The molecule has 2 heterocycles. The lowest BCUT2D eigenvalue weighted by atomic mass is 10.0. The van der Waals surface area contributed by atoms with Crippen LogP contribution in [0.4, 0.5) is 5.00 Å². The van der Waals surface area contributed by atoms with Gasteiger partial charge in [-0.25, -0.2) is 0 Å². The van der Waals surface area contributed by atoms with Gasteiger partial charge in [0, 0.05) is 12.0 Å². The second-order valence-electron chi connectivity index (χ2n) is 6.61. The first-order valence-electron chi connectivity index (χ1n) is 8.57. The van der Waals surface area contributed by atoms with Crippen molar-refractivity contribution in [1.82, 2.24) is 0 Å². The summed E-state index contributed by atoms with van der Waals surface area (Å²) in [5.74, 6) is -0.670. The zero-order valence-corrected chi connectivity index (χ0v) is 15.7. The fraction of sp³-hybridized carbons (Fsp3) is 0.368. The lowest BCUT2D eigenvalue weighted by Crippen LogP contribution is -3.11. The summed E-state index contributed by atoms with van der Waals surface area (Å²) in [4.78, 5) is 27.3. The van der Waals surface area contributed by atoms with Gasteiger partial charge < -0.3 is 16.0 Å². The number of amides is 2. The highest BCUT2D eigenvalue weighted by Gasteiger charge is 2.29. The first kappa shape index (κ1) is 17.6. The molecule has 0 saturated carbocycles. The third-order valence-corrected chi connectivity index (χ3v) is 6.12. The molecule has 5 nitrogen and oxygen atoms in total. The molecule has 1 aliphatic rings. The molecule has 0 radical (unpaired) electrons. The molecule has 0 fully saturated rings. The number of quaternary nitrogens is 1. The summed E-state index contributed by atoms with van der Waals surface area (Å²) in [5, 5.41) is 3.50. The van der Waals surface area contributed by atoms with Crippen molar-refractivity contribution < 1.29 is 14.5 Å². The third kappa shape index (κ3) is 3.45. The highest BCUT2D eigenvalue weighted by atomic mass is 32.1. The van der Waals surface area contributed by atoms with Crippen LogP contribution in [0.1, 0.15) is 49.2 Å². The number of fused-ring (bicyclic) bond motifs is 1. The lowest BCUT2D eigenvalue weighted by molar-refractivity contribution is -0.913. The van der Waals surface area contributed by atoms with Gasteiger partial charge in [-0.3, -0.25) is 9.59 Å². The summed E-state index contributed by atoms with van der Waals surface area (Å²) in [7, 11) is 0. The van der Waals surface area contributed by atoms with Crippen LogP contribution in [0.3, 0.4) is 0 Å². The molecule has 6 heteroatoms. The number of carbonyl (C=O) groups excluding carboxylic acids is 2. The molecule has 1 unspecified atom stereocenters. The van der Waals surface area contributed by atoms with Crippen molar-refractivity contribution in [2.45, 2.75) is 33.7 Å². The Bertz CT molecular complexity index is 841. The van der Waals surface area contributed by atoms with Crippen LogP contribution in [0.25, 0.3) is 0 Å². The van der Waals surface area contributed by atoms with Gasteiger partial charge in [0.05, 0.1) is 23.5 Å². The van der Waals surface area contributed by atoms with Crippen molar-refractivity contribution >= 4 is 28.2 Å². The van der Waals surface area contributed by atoms with Crippen molar-refractivity contribution in [2.24, 2.45) is 5.73 Å². The topological polar surface area (TPSA) is 76.6 Å². The van der Waals surface area contributed by atoms with Crippen LogP contribution in [0, 0.1) is 13.8 Å². The van der Waals surface area contributed by atoms with E-state index in [4.69, 9.17) is 5.73 Å². The van der Waals surface area contributed by atoms with Gasteiger partial charge in [-0.2, -0.15) is 0 Å².